The van der Waals surface area contributed by atoms with Gasteiger partial charge in [0.15, 0.2) is 0 Å². The van der Waals surface area contributed by atoms with E-state index in [1.807, 2.05) is 0 Å². The van der Waals surface area contributed by atoms with E-state index in [1.165, 1.54) is 42.8 Å². The summed E-state index contributed by atoms with van der Waals surface area (Å²) in [6.07, 6.45) is 2.82. The van der Waals surface area contributed by atoms with Gasteiger partial charge in [0, 0.05) is 5.56 Å². The summed E-state index contributed by atoms with van der Waals surface area (Å²) in [6, 6.07) is 14.7. The van der Waals surface area contributed by atoms with Crippen molar-refractivity contribution in [1.82, 2.24) is 5.43 Å². The summed E-state index contributed by atoms with van der Waals surface area (Å²) in [5.74, 6) is -1.01. The Hall–Kier alpha value is -3.74. The van der Waals surface area contributed by atoms with Crippen LogP contribution in [-0.4, -0.2) is 18.1 Å². The van der Waals surface area contributed by atoms with Crippen molar-refractivity contribution in [1.29, 1.82) is 0 Å². The molecule has 130 valence electrons. The smallest absolute Gasteiger partial charge is 0.379 e. The summed E-state index contributed by atoms with van der Waals surface area (Å²) < 4.78 is 22.9. The van der Waals surface area contributed by atoms with Crippen molar-refractivity contribution >= 4 is 18.1 Å². The van der Waals surface area contributed by atoms with Gasteiger partial charge < -0.3 is 9.15 Å². The minimum absolute atomic E-state index is 0.110. The number of hydrogen-bond donors (Lipinski definition) is 1. The molecule has 0 saturated heterocycles. The van der Waals surface area contributed by atoms with Gasteiger partial charge in [-0.2, -0.15) is 5.10 Å². The van der Waals surface area contributed by atoms with Crippen molar-refractivity contribution < 1.29 is 23.1 Å². The van der Waals surface area contributed by atoms with Crippen molar-refractivity contribution in [3.05, 3.63) is 89.6 Å². The quantitative estimate of drug-likeness (QED) is 0.330. The second-order valence-electron chi connectivity index (χ2n) is 5.14. The van der Waals surface area contributed by atoms with Crippen molar-refractivity contribution in [3.8, 4) is 5.75 Å². The van der Waals surface area contributed by atoms with Gasteiger partial charge in [0.25, 0.3) is 5.91 Å². The lowest BCUT2D eigenvalue weighted by Crippen LogP contribution is -2.17. The summed E-state index contributed by atoms with van der Waals surface area (Å²) in [5.41, 5.74) is 3.32. The van der Waals surface area contributed by atoms with Gasteiger partial charge >= 0.3 is 5.97 Å². The van der Waals surface area contributed by atoms with E-state index in [9.17, 15) is 14.0 Å². The van der Waals surface area contributed by atoms with Crippen LogP contribution in [0.25, 0.3) is 0 Å². The van der Waals surface area contributed by atoms with Crippen molar-refractivity contribution in [3.63, 3.8) is 0 Å². The predicted octanol–water partition coefficient (Wildman–Crippen LogP) is 3.40. The summed E-state index contributed by atoms with van der Waals surface area (Å²) >= 11 is 0. The van der Waals surface area contributed by atoms with Crippen LogP contribution in [0.4, 0.5) is 4.39 Å². The van der Waals surface area contributed by atoms with Gasteiger partial charge in [0.05, 0.1) is 12.5 Å². The lowest BCUT2D eigenvalue weighted by Gasteiger charge is -2.02. The van der Waals surface area contributed by atoms with Crippen LogP contribution < -0.4 is 10.2 Å². The van der Waals surface area contributed by atoms with Gasteiger partial charge in [-0.15, -0.1) is 0 Å². The van der Waals surface area contributed by atoms with Gasteiger partial charge in [0.2, 0.25) is 5.76 Å². The average molecular weight is 352 g/mol. The van der Waals surface area contributed by atoms with Crippen LogP contribution in [-0.2, 0) is 0 Å². The molecule has 0 unspecified atom stereocenters. The first-order chi connectivity index (χ1) is 12.6. The molecular weight excluding hydrogens is 339 g/mol. The zero-order valence-electron chi connectivity index (χ0n) is 13.4. The number of esters is 1. The summed E-state index contributed by atoms with van der Waals surface area (Å²) in [6.45, 7) is 0. The largest absolute Gasteiger partial charge is 0.457 e. The van der Waals surface area contributed by atoms with Crippen LogP contribution in [0.2, 0.25) is 0 Å². The summed E-state index contributed by atoms with van der Waals surface area (Å²) in [4.78, 5) is 23.6. The number of carbonyl (C=O) groups excluding carboxylic acids is 2. The fraction of sp³-hybridized carbons (Fsp3) is 0. The maximum atomic E-state index is 12.8. The molecule has 0 spiro atoms. The molecule has 3 aromatic rings. The van der Waals surface area contributed by atoms with Gasteiger partial charge in [-0.25, -0.2) is 14.6 Å². The maximum Gasteiger partial charge on any atom is 0.379 e. The molecule has 1 N–H and O–H groups in total. The molecule has 0 aliphatic rings. The zero-order valence-corrected chi connectivity index (χ0v) is 13.4. The molecule has 7 heteroatoms. The van der Waals surface area contributed by atoms with Crippen LogP contribution in [0.5, 0.6) is 5.75 Å². The Balaban J connectivity index is 1.55. The number of halogens is 1. The Kier molecular flexibility index (Phi) is 5.19. The van der Waals surface area contributed by atoms with Crippen molar-refractivity contribution in [2.24, 2.45) is 5.10 Å². The number of nitrogens with zero attached hydrogens (tertiary/aromatic N) is 1. The SMILES string of the molecule is O=C(NN=Cc1ccc(OC(=O)c2ccco2)cc1)c1ccc(F)cc1. The Morgan fingerprint density at radius 3 is 2.42 bits per heavy atom. The summed E-state index contributed by atoms with van der Waals surface area (Å²) in [7, 11) is 0. The predicted molar refractivity (Wildman–Crippen MR) is 91.6 cm³/mol. The van der Waals surface area contributed by atoms with E-state index in [-0.39, 0.29) is 5.76 Å². The number of rotatable bonds is 5. The standard InChI is InChI=1S/C19H13FN2O4/c20-15-7-5-14(6-8-15)18(23)22-21-12-13-3-9-16(10-4-13)26-19(24)17-2-1-11-25-17/h1-12H,(H,22,23). The third kappa shape index (κ3) is 4.41. The Morgan fingerprint density at radius 1 is 1.04 bits per heavy atom. The second kappa shape index (κ2) is 7.89. The number of furan rings is 1. The normalized spacial score (nSPS) is 10.7. The summed E-state index contributed by atoms with van der Waals surface area (Å²) in [5, 5.41) is 3.83. The fourth-order valence-electron chi connectivity index (χ4n) is 2.01. The van der Waals surface area contributed by atoms with E-state index in [0.717, 1.165) is 0 Å². The van der Waals surface area contributed by atoms with E-state index < -0.39 is 17.7 Å². The van der Waals surface area contributed by atoms with E-state index in [1.54, 1.807) is 30.3 Å². The Morgan fingerprint density at radius 2 is 1.77 bits per heavy atom. The molecule has 2 aromatic carbocycles. The number of nitrogens with one attached hydrogen (secondary N) is 1. The first kappa shape index (κ1) is 17.1. The molecule has 0 aliphatic heterocycles. The number of ether oxygens (including phenoxy) is 1. The monoisotopic (exact) mass is 352 g/mol. The van der Waals surface area contributed by atoms with E-state index in [4.69, 9.17) is 9.15 Å². The molecule has 0 fully saturated rings. The molecule has 1 aromatic heterocycles. The molecule has 0 aliphatic carbocycles. The first-order valence-corrected chi connectivity index (χ1v) is 7.56. The molecule has 0 bridgehead atoms. The molecule has 26 heavy (non-hydrogen) atoms. The van der Waals surface area contributed by atoms with Gasteiger partial charge in [-0.05, 0) is 66.2 Å². The molecule has 1 amide bonds. The molecule has 6 nitrogen and oxygen atoms in total. The van der Waals surface area contributed by atoms with E-state index in [0.29, 0.717) is 16.9 Å². The average Bonchev–Trinajstić information content (AvgIpc) is 3.18. The molecule has 1 heterocycles. The van der Waals surface area contributed by atoms with Gasteiger partial charge in [-0.3, -0.25) is 4.79 Å². The van der Waals surface area contributed by atoms with Crippen molar-refractivity contribution in [2.45, 2.75) is 0 Å². The van der Waals surface area contributed by atoms with Crippen LogP contribution in [0.1, 0.15) is 26.5 Å². The molecule has 0 saturated carbocycles. The van der Waals surface area contributed by atoms with Crippen molar-refractivity contribution in [2.75, 3.05) is 0 Å². The van der Waals surface area contributed by atoms with E-state index >= 15 is 0 Å². The first-order valence-electron chi connectivity index (χ1n) is 7.56. The third-order valence-corrected chi connectivity index (χ3v) is 3.30. The highest BCUT2D eigenvalue weighted by molar-refractivity contribution is 5.94. The molecular formula is C19H13FN2O4. The Bertz CT molecular complexity index is 917. The number of amides is 1. The third-order valence-electron chi connectivity index (χ3n) is 3.30. The molecule has 0 atom stereocenters. The molecule has 0 radical (unpaired) electrons. The highest BCUT2D eigenvalue weighted by Gasteiger charge is 2.10. The molecule has 3 rings (SSSR count). The van der Waals surface area contributed by atoms with Crippen LogP contribution in [0.3, 0.4) is 0 Å². The second-order valence-corrected chi connectivity index (χ2v) is 5.14. The van der Waals surface area contributed by atoms with Crippen LogP contribution >= 0.6 is 0 Å². The number of hydrazone groups is 1. The van der Waals surface area contributed by atoms with Gasteiger partial charge in [-0.1, -0.05) is 0 Å². The Labute approximate surface area is 147 Å². The lowest BCUT2D eigenvalue weighted by atomic mass is 10.2. The lowest BCUT2D eigenvalue weighted by molar-refractivity contribution is 0.0701. The zero-order chi connectivity index (χ0) is 18.4. The fourth-order valence-corrected chi connectivity index (χ4v) is 2.01. The highest BCUT2D eigenvalue weighted by Crippen LogP contribution is 2.14. The van der Waals surface area contributed by atoms with Gasteiger partial charge in [0.1, 0.15) is 11.6 Å². The van der Waals surface area contributed by atoms with E-state index in [2.05, 4.69) is 10.5 Å². The van der Waals surface area contributed by atoms with Crippen LogP contribution in [0.15, 0.2) is 76.4 Å². The minimum Gasteiger partial charge on any atom is -0.457 e. The number of hydrogen-bond acceptors (Lipinski definition) is 5. The minimum atomic E-state index is -0.594. The topological polar surface area (TPSA) is 80.9 Å². The highest BCUT2D eigenvalue weighted by atomic mass is 19.1. The van der Waals surface area contributed by atoms with Crippen LogP contribution in [0, 0.1) is 5.82 Å². The number of carbonyl (C=O) groups is 2. The maximum absolute atomic E-state index is 12.8. The number of benzene rings is 2.